The third-order valence-corrected chi connectivity index (χ3v) is 3.38. The van der Waals surface area contributed by atoms with Crippen molar-refractivity contribution in [2.45, 2.75) is 0 Å². The van der Waals surface area contributed by atoms with Crippen LogP contribution < -0.4 is 5.32 Å². The molecular formula is C16H10ClF2N3O. The van der Waals surface area contributed by atoms with Crippen molar-refractivity contribution in [3.8, 4) is 0 Å². The molecule has 116 valence electrons. The van der Waals surface area contributed by atoms with E-state index in [9.17, 15) is 13.6 Å². The Hall–Kier alpha value is -2.73. The molecule has 0 saturated heterocycles. The summed E-state index contributed by atoms with van der Waals surface area (Å²) in [5.74, 6) is -2.51. The van der Waals surface area contributed by atoms with Crippen LogP contribution in [0, 0.1) is 11.6 Å². The minimum Gasteiger partial charge on any atom is -0.322 e. The second kappa shape index (κ2) is 6.18. The zero-order chi connectivity index (χ0) is 16.4. The van der Waals surface area contributed by atoms with Crippen molar-refractivity contribution in [1.29, 1.82) is 0 Å². The van der Waals surface area contributed by atoms with Crippen molar-refractivity contribution in [1.82, 2.24) is 9.38 Å². The Labute approximate surface area is 135 Å². The van der Waals surface area contributed by atoms with Gasteiger partial charge in [-0.15, -0.1) is 0 Å². The van der Waals surface area contributed by atoms with Gasteiger partial charge in [-0.25, -0.2) is 13.8 Å². The van der Waals surface area contributed by atoms with E-state index in [0.29, 0.717) is 11.3 Å². The van der Waals surface area contributed by atoms with Gasteiger partial charge < -0.3 is 5.32 Å². The first-order valence-electron chi connectivity index (χ1n) is 6.61. The number of pyridine rings is 1. The average molecular weight is 334 g/mol. The number of carbonyl (C=O) groups is 1. The summed E-state index contributed by atoms with van der Waals surface area (Å²) in [6.07, 6.45) is 4.50. The van der Waals surface area contributed by atoms with E-state index in [1.54, 1.807) is 16.7 Å². The topological polar surface area (TPSA) is 46.4 Å². The first kappa shape index (κ1) is 15.2. The number of nitrogens with zero attached hydrogens (tertiary/aromatic N) is 2. The van der Waals surface area contributed by atoms with E-state index in [-0.39, 0.29) is 10.8 Å². The van der Waals surface area contributed by atoms with E-state index in [4.69, 9.17) is 11.6 Å². The quantitative estimate of drug-likeness (QED) is 0.738. The Morgan fingerprint density at radius 2 is 2.04 bits per heavy atom. The molecule has 0 bridgehead atoms. The molecule has 0 fully saturated rings. The number of anilines is 1. The fourth-order valence-electron chi connectivity index (χ4n) is 2.05. The van der Waals surface area contributed by atoms with Crippen LogP contribution in [0.4, 0.5) is 14.5 Å². The zero-order valence-corrected chi connectivity index (χ0v) is 12.4. The van der Waals surface area contributed by atoms with Crippen LogP contribution in [0.5, 0.6) is 0 Å². The molecule has 0 spiro atoms. The largest absolute Gasteiger partial charge is 0.322 e. The normalized spacial score (nSPS) is 11.3. The number of amides is 1. The van der Waals surface area contributed by atoms with Gasteiger partial charge in [0, 0.05) is 24.0 Å². The van der Waals surface area contributed by atoms with Gasteiger partial charge >= 0.3 is 0 Å². The minimum atomic E-state index is -1.03. The van der Waals surface area contributed by atoms with E-state index in [2.05, 4.69) is 10.3 Å². The maximum Gasteiger partial charge on any atom is 0.248 e. The zero-order valence-electron chi connectivity index (χ0n) is 11.6. The van der Waals surface area contributed by atoms with Crippen molar-refractivity contribution in [3.63, 3.8) is 0 Å². The van der Waals surface area contributed by atoms with Crippen LogP contribution in [0.1, 0.15) is 5.69 Å². The summed E-state index contributed by atoms with van der Waals surface area (Å²) in [6.45, 7) is 0. The molecule has 0 saturated carbocycles. The number of nitrogens with one attached hydrogen (secondary N) is 1. The third kappa shape index (κ3) is 3.22. The fraction of sp³-hybridized carbons (Fsp3) is 0. The molecule has 0 unspecified atom stereocenters. The molecule has 23 heavy (non-hydrogen) atoms. The lowest BCUT2D eigenvalue weighted by Crippen LogP contribution is -2.08. The number of halogens is 3. The summed E-state index contributed by atoms with van der Waals surface area (Å²) < 4.78 is 27.7. The van der Waals surface area contributed by atoms with Crippen molar-refractivity contribution >= 4 is 34.9 Å². The molecular weight excluding hydrogens is 324 g/mol. The van der Waals surface area contributed by atoms with Gasteiger partial charge in [0.1, 0.15) is 5.65 Å². The van der Waals surface area contributed by atoms with Crippen molar-refractivity contribution < 1.29 is 13.6 Å². The summed E-state index contributed by atoms with van der Waals surface area (Å²) in [4.78, 5) is 16.0. The average Bonchev–Trinajstić information content (AvgIpc) is 2.84. The van der Waals surface area contributed by atoms with Crippen molar-refractivity contribution in [2.24, 2.45) is 0 Å². The Morgan fingerprint density at radius 3 is 2.83 bits per heavy atom. The highest BCUT2D eigenvalue weighted by Gasteiger charge is 2.08. The molecule has 0 aliphatic heterocycles. The summed E-state index contributed by atoms with van der Waals surface area (Å²) in [7, 11) is 0. The molecule has 0 aliphatic rings. The molecule has 4 nitrogen and oxygen atoms in total. The molecule has 7 heteroatoms. The van der Waals surface area contributed by atoms with E-state index < -0.39 is 17.5 Å². The third-order valence-electron chi connectivity index (χ3n) is 3.10. The van der Waals surface area contributed by atoms with Gasteiger partial charge in [0.25, 0.3) is 0 Å². The summed E-state index contributed by atoms with van der Waals surface area (Å²) >= 11 is 6.04. The van der Waals surface area contributed by atoms with Gasteiger partial charge in [-0.1, -0.05) is 17.7 Å². The Morgan fingerprint density at radius 1 is 1.22 bits per heavy atom. The Balaban J connectivity index is 1.80. The van der Waals surface area contributed by atoms with Crippen LogP contribution >= 0.6 is 11.6 Å². The first-order valence-corrected chi connectivity index (χ1v) is 6.99. The van der Waals surface area contributed by atoms with Crippen molar-refractivity contribution in [3.05, 3.63) is 71.2 Å². The number of rotatable bonds is 3. The first-order chi connectivity index (χ1) is 11.0. The predicted octanol–water partition coefficient (Wildman–Crippen LogP) is 3.92. The highest BCUT2D eigenvalue weighted by atomic mass is 35.5. The molecule has 0 radical (unpaired) electrons. The number of aromatic nitrogens is 2. The lowest BCUT2D eigenvalue weighted by molar-refractivity contribution is -0.111. The van der Waals surface area contributed by atoms with E-state index in [1.807, 2.05) is 12.1 Å². The minimum absolute atomic E-state index is 0.155. The van der Waals surface area contributed by atoms with Gasteiger partial charge in [-0.05, 0) is 30.3 Å². The monoisotopic (exact) mass is 333 g/mol. The van der Waals surface area contributed by atoms with Crippen LogP contribution in [0.2, 0.25) is 5.15 Å². The van der Waals surface area contributed by atoms with Gasteiger partial charge in [0.05, 0.1) is 5.69 Å². The number of carbonyl (C=O) groups excluding carboxylic acids is 1. The molecule has 1 N–H and O–H groups in total. The summed E-state index contributed by atoms with van der Waals surface area (Å²) in [5.41, 5.74) is 1.35. The Kier molecular flexibility index (Phi) is 4.08. The van der Waals surface area contributed by atoms with E-state index in [1.165, 1.54) is 18.2 Å². The van der Waals surface area contributed by atoms with Gasteiger partial charge in [0.2, 0.25) is 5.91 Å². The van der Waals surface area contributed by atoms with Crippen molar-refractivity contribution in [2.75, 3.05) is 5.32 Å². The predicted molar refractivity (Wildman–Crippen MR) is 84.2 cm³/mol. The number of hydrogen-bond acceptors (Lipinski definition) is 2. The SMILES string of the molecule is O=C(/C=C/c1c(Cl)nc2ccccn12)Nc1ccc(F)c(F)c1. The maximum absolute atomic E-state index is 13.1. The standard InChI is InChI=1S/C16H10ClF2N3O/c17-16-13(22-8-2-1-3-14(22)21-16)6-7-15(23)20-10-4-5-11(18)12(19)9-10/h1-9H,(H,20,23)/b7-6+. The molecule has 2 aromatic heterocycles. The summed E-state index contributed by atoms with van der Waals surface area (Å²) in [6, 6.07) is 8.53. The Bertz CT molecular complexity index is 921. The lowest BCUT2D eigenvalue weighted by Gasteiger charge is -2.02. The molecule has 1 amide bonds. The van der Waals surface area contributed by atoms with Crippen LogP contribution in [-0.4, -0.2) is 15.3 Å². The van der Waals surface area contributed by atoms with Crippen LogP contribution in [-0.2, 0) is 4.79 Å². The van der Waals surface area contributed by atoms with Gasteiger partial charge in [0.15, 0.2) is 16.8 Å². The fourth-order valence-corrected chi connectivity index (χ4v) is 2.29. The molecule has 1 aromatic carbocycles. The molecule has 3 aromatic rings. The lowest BCUT2D eigenvalue weighted by atomic mass is 10.3. The highest BCUT2D eigenvalue weighted by molar-refractivity contribution is 6.31. The maximum atomic E-state index is 13.1. The second-order valence-corrected chi connectivity index (χ2v) is 5.03. The smallest absolute Gasteiger partial charge is 0.248 e. The van der Waals surface area contributed by atoms with Crippen LogP contribution in [0.15, 0.2) is 48.7 Å². The van der Waals surface area contributed by atoms with Crippen LogP contribution in [0.3, 0.4) is 0 Å². The highest BCUT2D eigenvalue weighted by Crippen LogP contribution is 2.19. The van der Waals surface area contributed by atoms with Gasteiger partial charge in [-0.3, -0.25) is 9.20 Å². The molecule has 2 heterocycles. The van der Waals surface area contributed by atoms with E-state index >= 15 is 0 Å². The number of hydrogen-bond donors (Lipinski definition) is 1. The van der Waals surface area contributed by atoms with Gasteiger partial charge in [-0.2, -0.15) is 0 Å². The molecule has 0 aliphatic carbocycles. The molecule has 0 atom stereocenters. The number of fused-ring (bicyclic) bond motifs is 1. The van der Waals surface area contributed by atoms with Crippen LogP contribution in [0.25, 0.3) is 11.7 Å². The van der Waals surface area contributed by atoms with E-state index in [0.717, 1.165) is 12.1 Å². The molecule has 3 rings (SSSR count). The summed E-state index contributed by atoms with van der Waals surface area (Å²) in [5, 5.41) is 2.69. The second-order valence-electron chi connectivity index (χ2n) is 4.67. The number of imidazole rings is 1. The number of benzene rings is 1.